The van der Waals surface area contributed by atoms with Crippen LogP contribution >= 0.6 is 0 Å². The summed E-state index contributed by atoms with van der Waals surface area (Å²) in [7, 11) is 0. The summed E-state index contributed by atoms with van der Waals surface area (Å²) in [4.78, 5) is 0. The smallest absolute Gasteiger partial charge is 0.207 e. The minimum Gasteiger partial charge on any atom is -0.207 e. The molecule has 4 aromatic carbocycles. The lowest BCUT2D eigenvalue weighted by Crippen LogP contribution is -2.75. The molecule has 0 fully saturated rings. The molecule has 34 heavy (non-hydrogen) atoms. The number of aryl methyl sites for hydroxylation is 1. The minimum absolute atomic E-state index is 0.134. The first-order valence-corrected chi connectivity index (χ1v) is 10.3. The van der Waals surface area contributed by atoms with E-state index in [1.54, 1.807) is 6.92 Å². The van der Waals surface area contributed by atoms with Crippen molar-refractivity contribution < 1.29 is 30.7 Å². The molecule has 0 aromatic heterocycles. The first-order valence-electron chi connectivity index (χ1n) is 10.3. The van der Waals surface area contributed by atoms with Crippen molar-refractivity contribution in [3.8, 4) is 0 Å². The van der Waals surface area contributed by atoms with Gasteiger partial charge in [-0.15, -0.1) is 0 Å². The fourth-order valence-corrected chi connectivity index (χ4v) is 4.75. The van der Waals surface area contributed by atoms with Gasteiger partial charge in [0.15, 0.2) is 0 Å². The van der Waals surface area contributed by atoms with Crippen LogP contribution in [0.25, 0.3) is 0 Å². The van der Waals surface area contributed by atoms with Crippen molar-refractivity contribution >= 4 is 28.0 Å². The van der Waals surface area contributed by atoms with Crippen molar-refractivity contribution in [2.45, 2.75) is 13.1 Å². The Hall–Kier alpha value is -3.55. The fraction of sp³-hybridized carbons (Fsp3) is 0.0769. The fourth-order valence-electron chi connectivity index (χ4n) is 4.75. The third-order valence-electron chi connectivity index (χ3n) is 6.01. The number of rotatable bonds is 4. The van der Waals surface area contributed by atoms with Crippen LogP contribution in [0.15, 0.2) is 84.9 Å². The van der Waals surface area contributed by atoms with E-state index in [4.69, 9.17) is 0 Å². The number of benzene rings is 4. The molecule has 0 nitrogen and oxygen atoms in total. The first-order chi connectivity index (χ1) is 16.0. The largest absolute Gasteiger partial charge is 0.416 e. The van der Waals surface area contributed by atoms with Gasteiger partial charge in [0.25, 0.3) is 0 Å². The maximum atomic E-state index is 14.6. The van der Waals surface area contributed by atoms with Gasteiger partial charge in [-0.2, -0.15) is 35.0 Å². The number of hydrogen-bond donors (Lipinski definition) is 0. The Morgan fingerprint density at radius 1 is 0.529 bits per heavy atom. The van der Waals surface area contributed by atoms with Gasteiger partial charge in [0.2, 0.25) is 0 Å². The molecule has 0 aliphatic carbocycles. The monoisotopic (exact) mass is 473 g/mol. The van der Waals surface area contributed by atoms with Crippen LogP contribution in [0.5, 0.6) is 0 Å². The van der Waals surface area contributed by atoms with Gasteiger partial charge in [0.05, 0.1) is 5.56 Å². The van der Waals surface area contributed by atoms with Gasteiger partial charge in [-0.25, -0.2) is 17.6 Å². The van der Waals surface area contributed by atoms with Gasteiger partial charge in [0.1, 0.15) is 29.4 Å². The zero-order valence-corrected chi connectivity index (χ0v) is 17.8. The Balaban J connectivity index is 2.24. The molecule has 8 heteroatoms. The lowest BCUT2D eigenvalue weighted by Gasteiger charge is -2.44. The van der Waals surface area contributed by atoms with Crippen molar-refractivity contribution in [1.29, 1.82) is 0 Å². The molecule has 0 aliphatic rings. The van der Waals surface area contributed by atoms with Crippen LogP contribution in [0.3, 0.4) is 0 Å². The van der Waals surface area contributed by atoms with Gasteiger partial charge in [-0.3, -0.25) is 0 Å². The third kappa shape index (κ3) is 4.32. The van der Waals surface area contributed by atoms with E-state index in [9.17, 15) is 30.7 Å². The summed E-state index contributed by atoms with van der Waals surface area (Å²) >= 11 is 0. The predicted molar refractivity (Wildman–Crippen MR) is 120 cm³/mol. The van der Waals surface area contributed by atoms with Crippen LogP contribution < -0.4 is 21.9 Å². The van der Waals surface area contributed by atoms with Gasteiger partial charge < -0.3 is 0 Å². The molecular weight excluding hydrogens is 456 g/mol. The molecule has 0 unspecified atom stereocenters. The van der Waals surface area contributed by atoms with E-state index in [1.807, 2.05) is 0 Å². The third-order valence-corrected chi connectivity index (χ3v) is 6.01. The second-order valence-corrected chi connectivity index (χ2v) is 8.31. The number of alkyl halides is 3. The topological polar surface area (TPSA) is 0 Å². The molecule has 174 valence electrons. The van der Waals surface area contributed by atoms with Gasteiger partial charge in [0, 0.05) is 0 Å². The lowest BCUT2D eigenvalue weighted by molar-refractivity contribution is -0.137. The van der Waals surface area contributed by atoms with Crippen molar-refractivity contribution in [1.82, 2.24) is 0 Å². The second-order valence-electron chi connectivity index (χ2n) is 8.31. The standard InChI is InChI=1S/C26H17BF7/c1-16-8-20(14-24(30)9-16)27(18-4-2-6-22(28)12-18,19-5-3-7-23(29)13-19)21-10-17(26(32,33)34)11-25(31)15-21/h2-15H,1H3/q-1. The SMILES string of the molecule is Cc1cc(F)cc([B-](c2cccc(F)c2)(c2cccc(F)c2)c2cc(F)cc(C(F)(F)F)c2)c1. The highest BCUT2D eigenvalue weighted by atomic mass is 19.4. The van der Waals surface area contributed by atoms with Crippen molar-refractivity contribution in [2.24, 2.45) is 0 Å². The quantitative estimate of drug-likeness (QED) is 0.291. The van der Waals surface area contributed by atoms with Crippen LogP contribution in [0.2, 0.25) is 0 Å². The Morgan fingerprint density at radius 2 is 1.00 bits per heavy atom. The number of hydrogen-bond acceptors (Lipinski definition) is 0. The summed E-state index contributed by atoms with van der Waals surface area (Å²) < 4.78 is 99.1. The minimum atomic E-state index is -4.89. The van der Waals surface area contributed by atoms with E-state index in [-0.39, 0.29) is 21.9 Å². The van der Waals surface area contributed by atoms with Gasteiger partial charge >= 0.3 is 6.18 Å². The van der Waals surface area contributed by atoms with E-state index in [0.29, 0.717) is 11.6 Å². The first kappa shape index (κ1) is 23.6. The summed E-state index contributed by atoms with van der Waals surface area (Å²) in [6.07, 6.45) is -7.73. The molecule has 0 atom stereocenters. The summed E-state index contributed by atoms with van der Waals surface area (Å²) in [6, 6.07) is 15.9. The molecule has 0 bridgehead atoms. The molecule has 0 heterocycles. The van der Waals surface area contributed by atoms with E-state index in [1.165, 1.54) is 36.4 Å². The maximum absolute atomic E-state index is 14.6. The number of halogens is 7. The van der Waals surface area contributed by atoms with Crippen molar-refractivity contribution in [3.05, 3.63) is 119 Å². The molecular formula is C26H17BF7-. The van der Waals surface area contributed by atoms with Crippen LogP contribution in [-0.4, -0.2) is 6.15 Å². The van der Waals surface area contributed by atoms with Crippen LogP contribution in [0.1, 0.15) is 11.1 Å². The molecule has 0 amide bonds. The van der Waals surface area contributed by atoms with Gasteiger partial charge in [-0.1, -0.05) is 66.2 Å². The lowest BCUT2D eigenvalue weighted by atomic mass is 9.13. The molecule has 0 N–H and O–H groups in total. The average molecular weight is 473 g/mol. The Kier molecular flexibility index (Phi) is 6.02. The highest BCUT2D eigenvalue weighted by molar-refractivity contribution is 7.19. The van der Waals surface area contributed by atoms with Crippen LogP contribution in [0, 0.1) is 30.2 Å². The van der Waals surface area contributed by atoms with E-state index < -0.39 is 41.2 Å². The van der Waals surface area contributed by atoms with Crippen LogP contribution in [0.4, 0.5) is 30.7 Å². The summed E-state index contributed by atoms with van der Waals surface area (Å²) in [5, 5.41) is 0. The van der Waals surface area contributed by atoms with E-state index >= 15 is 0 Å². The zero-order valence-electron chi connectivity index (χ0n) is 17.8. The van der Waals surface area contributed by atoms with E-state index in [2.05, 4.69) is 0 Å². The summed E-state index contributed by atoms with van der Waals surface area (Å²) in [5.74, 6) is -3.29. The Labute approximate surface area is 191 Å². The normalized spacial score (nSPS) is 12.1. The highest BCUT2D eigenvalue weighted by Gasteiger charge is 2.37. The second kappa shape index (κ2) is 8.67. The van der Waals surface area contributed by atoms with Crippen molar-refractivity contribution in [2.75, 3.05) is 0 Å². The molecule has 0 radical (unpaired) electrons. The Morgan fingerprint density at radius 3 is 1.47 bits per heavy atom. The summed E-state index contributed by atoms with van der Waals surface area (Å²) in [5.41, 5.74) is -0.624. The maximum Gasteiger partial charge on any atom is 0.416 e. The zero-order chi connectivity index (χ0) is 24.7. The molecule has 0 spiro atoms. The van der Waals surface area contributed by atoms with Gasteiger partial charge in [-0.05, 0) is 31.2 Å². The molecule has 0 saturated heterocycles. The van der Waals surface area contributed by atoms with Crippen molar-refractivity contribution in [3.63, 3.8) is 0 Å². The van der Waals surface area contributed by atoms with E-state index in [0.717, 1.165) is 42.5 Å². The molecule has 0 aliphatic heterocycles. The van der Waals surface area contributed by atoms with Crippen LogP contribution in [-0.2, 0) is 6.18 Å². The Bertz CT molecular complexity index is 1300. The molecule has 0 saturated carbocycles. The molecule has 4 rings (SSSR count). The summed E-state index contributed by atoms with van der Waals surface area (Å²) in [6.45, 7) is 1.58. The highest BCUT2D eigenvalue weighted by Crippen LogP contribution is 2.29. The molecule has 4 aromatic rings. The predicted octanol–water partition coefficient (Wildman–Crippen LogP) is 4.95. The average Bonchev–Trinajstić information content (AvgIpc) is 2.73.